The standard InChI is InChI=1S/C13H23N3O2/c1-3-14-13(18)16-12(17)8(2)15-11(9-4-5-9)10-6-7-10/h8-11,15H,3-7H2,1-2H3,(H2,14,16,17,18). The van der Waals surface area contributed by atoms with Crippen molar-refractivity contribution >= 4 is 11.9 Å². The summed E-state index contributed by atoms with van der Waals surface area (Å²) in [6, 6.07) is -0.246. The van der Waals surface area contributed by atoms with Gasteiger partial charge in [0.1, 0.15) is 0 Å². The molecule has 0 radical (unpaired) electrons. The van der Waals surface area contributed by atoms with Crippen LogP contribution in [0.2, 0.25) is 0 Å². The van der Waals surface area contributed by atoms with Crippen LogP contribution < -0.4 is 16.0 Å². The first-order chi connectivity index (χ1) is 8.61. The summed E-state index contributed by atoms with van der Waals surface area (Å²) in [6.07, 6.45) is 5.11. The van der Waals surface area contributed by atoms with Crippen molar-refractivity contribution in [2.45, 2.75) is 51.6 Å². The molecule has 3 N–H and O–H groups in total. The van der Waals surface area contributed by atoms with E-state index < -0.39 is 6.03 Å². The number of hydrogen-bond donors (Lipinski definition) is 3. The van der Waals surface area contributed by atoms with Gasteiger partial charge in [-0.25, -0.2) is 4.79 Å². The monoisotopic (exact) mass is 253 g/mol. The van der Waals surface area contributed by atoms with Crippen molar-refractivity contribution in [2.24, 2.45) is 11.8 Å². The van der Waals surface area contributed by atoms with Crippen LogP contribution in [0.4, 0.5) is 4.79 Å². The van der Waals surface area contributed by atoms with Crippen LogP contribution in [0.25, 0.3) is 0 Å². The van der Waals surface area contributed by atoms with Crippen molar-refractivity contribution in [3.05, 3.63) is 0 Å². The molecule has 0 spiro atoms. The average Bonchev–Trinajstić information content (AvgIpc) is 3.16. The van der Waals surface area contributed by atoms with Gasteiger partial charge in [-0.1, -0.05) is 0 Å². The second-order valence-corrected chi connectivity index (χ2v) is 5.44. The Morgan fingerprint density at radius 2 is 1.72 bits per heavy atom. The van der Waals surface area contributed by atoms with E-state index in [0.29, 0.717) is 12.6 Å². The molecule has 0 heterocycles. The number of carbonyl (C=O) groups excluding carboxylic acids is 2. The molecule has 3 amide bonds. The Bertz CT molecular complexity index is 312. The Morgan fingerprint density at radius 3 is 2.17 bits per heavy atom. The molecule has 1 unspecified atom stereocenters. The van der Waals surface area contributed by atoms with Crippen molar-refractivity contribution in [2.75, 3.05) is 6.54 Å². The Labute approximate surface area is 108 Å². The highest BCUT2D eigenvalue weighted by molar-refractivity contribution is 5.96. The summed E-state index contributed by atoms with van der Waals surface area (Å²) in [5.41, 5.74) is 0. The summed E-state index contributed by atoms with van der Waals surface area (Å²) < 4.78 is 0. The molecule has 2 saturated carbocycles. The minimum atomic E-state index is -0.412. The first-order valence-corrected chi connectivity index (χ1v) is 6.96. The summed E-state index contributed by atoms with van der Waals surface area (Å²) in [7, 11) is 0. The third kappa shape index (κ3) is 3.70. The highest BCUT2D eigenvalue weighted by Gasteiger charge is 2.42. The van der Waals surface area contributed by atoms with Gasteiger partial charge in [0.25, 0.3) is 0 Å². The second kappa shape index (κ2) is 5.69. The first kappa shape index (κ1) is 13.3. The zero-order valence-corrected chi connectivity index (χ0v) is 11.2. The molecule has 5 heteroatoms. The van der Waals surface area contributed by atoms with E-state index in [0.717, 1.165) is 11.8 Å². The van der Waals surface area contributed by atoms with E-state index in [1.165, 1.54) is 25.7 Å². The van der Waals surface area contributed by atoms with E-state index in [9.17, 15) is 9.59 Å². The Balaban J connectivity index is 1.76. The first-order valence-electron chi connectivity index (χ1n) is 6.96. The van der Waals surface area contributed by atoms with Crippen molar-refractivity contribution < 1.29 is 9.59 Å². The lowest BCUT2D eigenvalue weighted by Gasteiger charge is -2.22. The number of hydrogen-bond acceptors (Lipinski definition) is 3. The predicted molar refractivity (Wildman–Crippen MR) is 69.0 cm³/mol. The molecule has 0 saturated heterocycles. The van der Waals surface area contributed by atoms with E-state index in [1.807, 2.05) is 13.8 Å². The molecule has 0 aromatic carbocycles. The minimum absolute atomic E-state index is 0.243. The second-order valence-electron chi connectivity index (χ2n) is 5.44. The molecule has 0 bridgehead atoms. The van der Waals surface area contributed by atoms with Crippen molar-refractivity contribution in [3.8, 4) is 0 Å². The van der Waals surface area contributed by atoms with Crippen LogP contribution in [-0.2, 0) is 4.79 Å². The van der Waals surface area contributed by atoms with Gasteiger partial charge in [-0.3, -0.25) is 10.1 Å². The summed E-state index contributed by atoms with van der Waals surface area (Å²) in [4.78, 5) is 23.1. The molecule has 0 aromatic heterocycles. The third-order valence-electron chi connectivity index (χ3n) is 3.67. The van der Waals surface area contributed by atoms with Crippen LogP contribution in [-0.4, -0.2) is 30.6 Å². The van der Waals surface area contributed by atoms with Crippen LogP contribution >= 0.6 is 0 Å². The largest absolute Gasteiger partial charge is 0.338 e. The number of imide groups is 1. The van der Waals surface area contributed by atoms with Gasteiger partial charge < -0.3 is 10.6 Å². The maximum atomic E-state index is 11.8. The molecular weight excluding hydrogens is 230 g/mol. The van der Waals surface area contributed by atoms with E-state index >= 15 is 0 Å². The van der Waals surface area contributed by atoms with Gasteiger partial charge in [0.05, 0.1) is 6.04 Å². The van der Waals surface area contributed by atoms with Crippen LogP contribution in [0.5, 0.6) is 0 Å². The lowest BCUT2D eigenvalue weighted by molar-refractivity contribution is -0.121. The zero-order chi connectivity index (χ0) is 13.1. The van der Waals surface area contributed by atoms with Crippen LogP contribution in [0.15, 0.2) is 0 Å². The lowest BCUT2D eigenvalue weighted by Crippen LogP contribution is -2.51. The van der Waals surface area contributed by atoms with E-state index in [4.69, 9.17) is 0 Å². The summed E-state index contributed by atoms with van der Waals surface area (Å²) in [5.74, 6) is 1.25. The quantitative estimate of drug-likeness (QED) is 0.661. The van der Waals surface area contributed by atoms with E-state index in [-0.39, 0.29) is 11.9 Å². The molecular formula is C13H23N3O2. The number of rotatable bonds is 6. The summed E-state index contributed by atoms with van der Waals surface area (Å²) in [6.45, 7) is 4.17. The van der Waals surface area contributed by atoms with Crippen LogP contribution in [0.1, 0.15) is 39.5 Å². The van der Waals surface area contributed by atoms with Gasteiger partial charge in [-0.2, -0.15) is 0 Å². The van der Waals surface area contributed by atoms with Crippen molar-refractivity contribution in [1.29, 1.82) is 0 Å². The summed E-state index contributed by atoms with van der Waals surface area (Å²) in [5, 5.41) is 8.31. The maximum absolute atomic E-state index is 11.8. The van der Waals surface area contributed by atoms with Crippen LogP contribution in [0.3, 0.4) is 0 Å². The maximum Gasteiger partial charge on any atom is 0.321 e. The molecule has 0 aliphatic heterocycles. The van der Waals surface area contributed by atoms with Gasteiger partial charge in [0, 0.05) is 12.6 Å². The smallest absolute Gasteiger partial charge is 0.321 e. The normalized spacial score (nSPS) is 20.6. The fourth-order valence-electron chi connectivity index (χ4n) is 2.36. The Hall–Kier alpha value is -1.10. The van der Waals surface area contributed by atoms with Gasteiger partial charge >= 0.3 is 6.03 Å². The lowest BCUT2D eigenvalue weighted by atomic mass is 10.1. The number of urea groups is 1. The molecule has 2 rings (SSSR count). The fraction of sp³-hybridized carbons (Fsp3) is 0.846. The molecule has 0 aromatic rings. The molecule has 5 nitrogen and oxygen atoms in total. The minimum Gasteiger partial charge on any atom is -0.338 e. The van der Waals surface area contributed by atoms with Gasteiger partial charge in [0.2, 0.25) is 5.91 Å². The molecule has 2 aliphatic carbocycles. The third-order valence-corrected chi connectivity index (χ3v) is 3.67. The highest BCUT2D eigenvalue weighted by atomic mass is 16.2. The Morgan fingerprint density at radius 1 is 1.17 bits per heavy atom. The topological polar surface area (TPSA) is 70.2 Å². The average molecular weight is 253 g/mol. The van der Waals surface area contributed by atoms with Gasteiger partial charge in [0.15, 0.2) is 0 Å². The van der Waals surface area contributed by atoms with Crippen LogP contribution in [0, 0.1) is 11.8 Å². The van der Waals surface area contributed by atoms with Crippen molar-refractivity contribution in [1.82, 2.24) is 16.0 Å². The predicted octanol–water partition coefficient (Wildman–Crippen LogP) is 0.999. The Kier molecular flexibility index (Phi) is 4.22. The van der Waals surface area contributed by atoms with Crippen molar-refractivity contribution in [3.63, 3.8) is 0 Å². The molecule has 2 fully saturated rings. The highest BCUT2D eigenvalue weighted by Crippen LogP contribution is 2.44. The molecule has 102 valence electrons. The zero-order valence-electron chi connectivity index (χ0n) is 11.2. The molecule has 2 aliphatic rings. The summed E-state index contributed by atoms with van der Waals surface area (Å²) >= 11 is 0. The molecule has 18 heavy (non-hydrogen) atoms. The van der Waals surface area contributed by atoms with E-state index in [1.54, 1.807) is 0 Å². The fourth-order valence-corrected chi connectivity index (χ4v) is 2.36. The van der Waals surface area contributed by atoms with Gasteiger partial charge in [-0.05, 0) is 51.4 Å². The number of nitrogens with one attached hydrogen (secondary N) is 3. The molecule has 1 atom stereocenters. The van der Waals surface area contributed by atoms with E-state index in [2.05, 4.69) is 16.0 Å². The van der Waals surface area contributed by atoms with Gasteiger partial charge in [-0.15, -0.1) is 0 Å². The number of carbonyl (C=O) groups is 2. The SMILES string of the molecule is CCNC(=O)NC(=O)C(C)NC(C1CC1)C1CC1. The number of amides is 3.